The zero-order valence-corrected chi connectivity index (χ0v) is 10.9. The zero-order valence-electron chi connectivity index (χ0n) is 10.9. The summed E-state index contributed by atoms with van der Waals surface area (Å²) in [6.07, 6.45) is 1.97. The van der Waals surface area contributed by atoms with Gasteiger partial charge in [0.05, 0.1) is 0 Å². The molecule has 0 heterocycles. The lowest BCUT2D eigenvalue weighted by Crippen LogP contribution is -2.23. The molecular weight excluding hydrogens is 234 g/mol. The van der Waals surface area contributed by atoms with Crippen molar-refractivity contribution in [1.82, 2.24) is 0 Å². The van der Waals surface area contributed by atoms with E-state index in [-0.39, 0.29) is 0 Å². The topological polar surface area (TPSA) is 46.2 Å². The maximum absolute atomic E-state index is 10.1. The van der Waals surface area contributed by atoms with Crippen LogP contribution in [0.2, 0.25) is 0 Å². The van der Waals surface area contributed by atoms with Crippen LogP contribution in [0.3, 0.4) is 0 Å². The van der Waals surface area contributed by atoms with E-state index in [1.807, 2.05) is 12.1 Å². The van der Waals surface area contributed by atoms with E-state index >= 15 is 0 Å². The molecule has 2 heteroatoms. The molecule has 0 saturated carbocycles. The fourth-order valence-electron chi connectivity index (χ4n) is 3.20. The molecule has 0 amide bonds. The van der Waals surface area contributed by atoms with Crippen LogP contribution in [-0.2, 0) is 6.42 Å². The van der Waals surface area contributed by atoms with E-state index in [0.717, 1.165) is 18.4 Å². The summed E-state index contributed by atoms with van der Waals surface area (Å²) >= 11 is 0. The van der Waals surface area contributed by atoms with Gasteiger partial charge in [-0.2, -0.15) is 0 Å². The highest BCUT2D eigenvalue weighted by molar-refractivity contribution is 5.45. The molecule has 2 aromatic rings. The number of aromatic hydroxyl groups is 1. The molecule has 2 aromatic carbocycles. The van der Waals surface area contributed by atoms with Gasteiger partial charge in [0.15, 0.2) is 0 Å². The molecule has 0 aromatic heterocycles. The van der Waals surface area contributed by atoms with Crippen molar-refractivity contribution < 1.29 is 5.11 Å². The minimum Gasteiger partial charge on any atom is -0.508 e. The van der Waals surface area contributed by atoms with Gasteiger partial charge in [0, 0.05) is 0 Å². The molecule has 2 atom stereocenters. The van der Waals surface area contributed by atoms with Crippen LogP contribution < -0.4 is 5.73 Å². The Morgan fingerprint density at radius 3 is 2.58 bits per heavy atom. The Hall–Kier alpha value is -1.80. The normalized spacial score (nSPS) is 21.9. The predicted molar refractivity (Wildman–Crippen MR) is 77.4 cm³/mol. The van der Waals surface area contributed by atoms with E-state index in [4.69, 9.17) is 5.73 Å². The first kappa shape index (κ1) is 12.2. The molecule has 2 nitrogen and oxygen atoms in total. The van der Waals surface area contributed by atoms with Gasteiger partial charge in [0.25, 0.3) is 0 Å². The molecule has 1 aliphatic carbocycles. The number of phenols is 1. The number of nitrogens with two attached hydrogens (primary N) is 1. The van der Waals surface area contributed by atoms with Crippen molar-refractivity contribution >= 4 is 0 Å². The second kappa shape index (κ2) is 5.06. The van der Waals surface area contributed by atoms with Gasteiger partial charge >= 0.3 is 0 Å². The summed E-state index contributed by atoms with van der Waals surface area (Å²) in [7, 11) is 0. The molecule has 0 saturated heterocycles. The average molecular weight is 253 g/mol. The van der Waals surface area contributed by atoms with Crippen LogP contribution in [0.1, 0.15) is 34.9 Å². The summed E-state index contributed by atoms with van der Waals surface area (Å²) in [6, 6.07) is 16.3. The average Bonchev–Trinajstić information content (AvgIpc) is 2.48. The van der Waals surface area contributed by atoms with Crippen molar-refractivity contribution in [3.05, 3.63) is 65.2 Å². The monoisotopic (exact) mass is 253 g/mol. The number of rotatable bonds is 2. The molecule has 1 aliphatic rings. The minimum atomic E-state index is 0.348. The smallest absolute Gasteiger partial charge is 0.119 e. The molecule has 19 heavy (non-hydrogen) atoms. The van der Waals surface area contributed by atoms with Crippen molar-refractivity contribution in [1.29, 1.82) is 0 Å². The molecule has 0 aliphatic heterocycles. The van der Waals surface area contributed by atoms with Gasteiger partial charge in [0.1, 0.15) is 5.75 Å². The van der Waals surface area contributed by atoms with Gasteiger partial charge in [-0.15, -0.1) is 0 Å². The number of phenolic OH excluding ortho intramolecular Hbond substituents is 1. The first-order valence-electron chi connectivity index (χ1n) is 6.85. The van der Waals surface area contributed by atoms with Gasteiger partial charge < -0.3 is 10.8 Å². The van der Waals surface area contributed by atoms with E-state index in [9.17, 15) is 5.11 Å². The lowest BCUT2D eigenvalue weighted by atomic mass is 9.74. The SMILES string of the molecule is NCC1CC(c2ccccc2)Cc2c(O)cccc21. The van der Waals surface area contributed by atoms with E-state index < -0.39 is 0 Å². The summed E-state index contributed by atoms with van der Waals surface area (Å²) in [4.78, 5) is 0. The molecular formula is C17H19NO. The van der Waals surface area contributed by atoms with Crippen molar-refractivity contribution in [2.75, 3.05) is 6.54 Å². The Labute approximate surface area is 113 Å². The third kappa shape index (κ3) is 2.24. The summed E-state index contributed by atoms with van der Waals surface area (Å²) in [5.41, 5.74) is 9.58. The zero-order chi connectivity index (χ0) is 13.2. The van der Waals surface area contributed by atoms with E-state index in [0.29, 0.717) is 24.1 Å². The van der Waals surface area contributed by atoms with Crippen molar-refractivity contribution in [2.24, 2.45) is 5.73 Å². The van der Waals surface area contributed by atoms with Crippen LogP contribution in [0, 0.1) is 0 Å². The Bertz CT molecular complexity index is 565. The van der Waals surface area contributed by atoms with E-state index in [2.05, 4.69) is 30.3 Å². The van der Waals surface area contributed by atoms with Gasteiger partial charge in [-0.1, -0.05) is 42.5 Å². The largest absolute Gasteiger partial charge is 0.508 e. The van der Waals surface area contributed by atoms with Gasteiger partial charge in [0.2, 0.25) is 0 Å². The van der Waals surface area contributed by atoms with Crippen molar-refractivity contribution in [2.45, 2.75) is 24.7 Å². The quantitative estimate of drug-likeness (QED) is 0.863. The first-order chi connectivity index (χ1) is 9.29. The fraction of sp³-hybridized carbons (Fsp3) is 0.294. The highest BCUT2D eigenvalue weighted by atomic mass is 16.3. The van der Waals surface area contributed by atoms with Crippen LogP contribution in [0.5, 0.6) is 5.75 Å². The van der Waals surface area contributed by atoms with Crippen LogP contribution in [0.15, 0.2) is 48.5 Å². The third-order valence-corrected chi connectivity index (χ3v) is 4.20. The van der Waals surface area contributed by atoms with Crippen LogP contribution in [0.25, 0.3) is 0 Å². The van der Waals surface area contributed by atoms with Crippen LogP contribution >= 0.6 is 0 Å². The molecule has 0 bridgehead atoms. The summed E-state index contributed by atoms with van der Waals surface area (Å²) in [5, 5.41) is 10.1. The molecule has 0 spiro atoms. The number of hydrogen-bond acceptors (Lipinski definition) is 2. The minimum absolute atomic E-state index is 0.348. The summed E-state index contributed by atoms with van der Waals surface area (Å²) in [6.45, 7) is 0.639. The molecule has 0 radical (unpaired) electrons. The highest BCUT2D eigenvalue weighted by Gasteiger charge is 2.28. The third-order valence-electron chi connectivity index (χ3n) is 4.20. The predicted octanol–water partition coefficient (Wildman–Crippen LogP) is 3.16. The van der Waals surface area contributed by atoms with Gasteiger partial charge in [-0.25, -0.2) is 0 Å². The summed E-state index contributed by atoms with van der Waals surface area (Å²) in [5.74, 6) is 1.22. The molecule has 2 unspecified atom stereocenters. The Morgan fingerprint density at radius 2 is 1.84 bits per heavy atom. The summed E-state index contributed by atoms with van der Waals surface area (Å²) < 4.78 is 0. The maximum Gasteiger partial charge on any atom is 0.119 e. The van der Waals surface area contributed by atoms with E-state index in [1.54, 1.807) is 6.07 Å². The second-order valence-corrected chi connectivity index (χ2v) is 5.32. The van der Waals surface area contributed by atoms with E-state index in [1.165, 1.54) is 11.1 Å². The van der Waals surface area contributed by atoms with Crippen LogP contribution in [0.4, 0.5) is 0 Å². The Kier molecular flexibility index (Phi) is 3.26. The van der Waals surface area contributed by atoms with Crippen molar-refractivity contribution in [3.8, 4) is 5.75 Å². The molecule has 0 fully saturated rings. The number of fused-ring (bicyclic) bond motifs is 1. The Morgan fingerprint density at radius 1 is 1.05 bits per heavy atom. The number of benzene rings is 2. The van der Waals surface area contributed by atoms with Crippen LogP contribution in [-0.4, -0.2) is 11.7 Å². The van der Waals surface area contributed by atoms with Gasteiger partial charge in [-0.3, -0.25) is 0 Å². The molecule has 3 rings (SSSR count). The standard InChI is InChI=1S/C17H19NO/c18-11-14-9-13(12-5-2-1-3-6-12)10-16-15(14)7-4-8-17(16)19/h1-8,13-14,19H,9-11,18H2. The molecule has 98 valence electrons. The van der Waals surface area contributed by atoms with Gasteiger partial charge in [-0.05, 0) is 54.0 Å². The fourth-order valence-corrected chi connectivity index (χ4v) is 3.20. The lowest BCUT2D eigenvalue weighted by Gasteiger charge is -2.31. The maximum atomic E-state index is 10.1. The first-order valence-corrected chi connectivity index (χ1v) is 6.85. The Balaban J connectivity index is 2.00. The molecule has 3 N–H and O–H groups in total. The van der Waals surface area contributed by atoms with Crippen molar-refractivity contribution in [3.63, 3.8) is 0 Å². The lowest BCUT2D eigenvalue weighted by molar-refractivity contribution is 0.440. The second-order valence-electron chi connectivity index (χ2n) is 5.32. The highest BCUT2D eigenvalue weighted by Crippen LogP contribution is 2.42. The number of hydrogen-bond donors (Lipinski definition) is 2.